The van der Waals surface area contributed by atoms with Crippen LogP contribution in [0.5, 0.6) is 0 Å². The summed E-state index contributed by atoms with van der Waals surface area (Å²) >= 11 is 0. The first-order chi connectivity index (χ1) is 23.4. The average molecular weight is 765 g/mol. The Balaban J connectivity index is 0.000000280. The second-order valence-corrected chi connectivity index (χ2v) is 30.6. The quantitative estimate of drug-likeness (QED) is 0.183. The van der Waals surface area contributed by atoms with Crippen LogP contribution < -0.4 is 11.5 Å². The van der Waals surface area contributed by atoms with Gasteiger partial charge in [0.05, 0.1) is 35.6 Å². The van der Waals surface area contributed by atoms with E-state index in [9.17, 15) is 9.59 Å². The molecule has 0 saturated heterocycles. The minimum atomic E-state index is -1.14. The van der Waals surface area contributed by atoms with Crippen molar-refractivity contribution in [3.05, 3.63) is 22.5 Å². The highest BCUT2D eigenvalue weighted by atomic mass is 28.3. The third-order valence-corrected chi connectivity index (χ3v) is 12.4. The lowest BCUT2D eigenvalue weighted by Gasteiger charge is -2.34. The zero-order valence-electron chi connectivity index (χ0n) is 34.9. The zero-order chi connectivity index (χ0) is 39.8. The minimum Gasteiger partial charge on any atom is -0.444 e. The molecule has 0 bridgehead atoms. The molecule has 2 amide bonds. The maximum Gasteiger partial charge on any atom is 0.411 e. The van der Waals surface area contributed by atoms with Gasteiger partial charge in [0, 0.05) is 40.5 Å². The van der Waals surface area contributed by atoms with Crippen LogP contribution in [0.15, 0.2) is 0 Å². The van der Waals surface area contributed by atoms with Crippen LogP contribution >= 0.6 is 0 Å². The molecular formula is C36H68N8O6Si2. The standard InChI is InChI=1S/2C18H34N4O3Si/c1-17(2,3)25-16(23)21-11-13-14(18(21,4)5)22(20-15(13)19)12-24-9-10-26(6,7)8;1-17(2,3)25-16(23)21-11-13-14(18(21,4)5)20-22(15(13)19)12-24-9-10-26(6,7)8/h9-12H2,1-8H3,(H2,19,20);9-12,19H2,1-8H3. The normalized spacial score (nSPS) is 16.7. The van der Waals surface area contributed by atoms with E-state index in [1.54, 1.807) is 19.2 Å². The van der Waals surface area contributed by atoms with Crippen molar-refractivity contribution in [2.75, 3.05) is 24.7 Å². The number of ether oxygens (including phenoxy) is 4. The fourth-order valence-corrected chi connectivity index (χ4v) is 7.47. The molecule has 0 unspecified atom stereocenters. The first kappa shape index (κ1) is 43.3. The first-order valence-electron chi connectivity index (χ1n) is 18.3. The van der Waals surface area contributed by atoms with Crippen LogP contribution in [0, 0.1) is 0 Å². The van der Waals surface area contributed by atoms with E-state index in [0.717, 1.165) is 34.6 Å². The van der Waals surface area contributed by atoms with Gasteiger partial charge >= 0.3 is 12.2 Å². The highest BCUT2D eigenvalue weighted by Crippen LogP contribution is 2.43. The largest absolute Gasteiger partial charge is 0.444 e. The SMILES string of the molecule is CC(C)(C)OC(=O)N1Cc2c(N)nn(COCC[Si](C)(C)C)c2C1(C)C.CC(C)(C)OC(=O)N1Cc2c(nn(COCC[Si](C)(C)C)c2N)C1(C)C. The van der Waals surface area contributed by atoms with Crippen LogP contribution in [-0.2, 0) is 56.6 Å². The van der Waals surface area contributed by atoms with E-state index < -0.39 is 38.4 Å². The Labute approximate surface area is 313 Å². The molecule has 4 heterocycles. The van der Waals surface area contributed by atoms with E-state index in [-0.39, 0.29) is 12.2 Å². The van der Waals surface area contributed by atoms with Crippen molar-refractivity contribution in [3.8, 4) is 0 Å². The molecule has 4 N–H and O–H groups in total. The van der Waals surface area contributed by atoms with Gasteiger partial charge in [-0.05, 0) is 81.3 Å². The van der Waals surface area contributed by atoms with Crippen LogP contribution in [0.25, 0.3) is 0 Å². The van der Waals surface area contributed by atoms with Gasteiger partial charge in [0.1, 0.15) is 30.5 Å². The van der Waals surface area contributed by atoms with E-state index in [1.807, 2.05) is 69.2 Å². The van der Waals surface area contributed by atoms with E-state index in [1.165, 1.54) is 0 Å². The lowest BCUT2D eigenvalue weighted by atomic mass is 10.0. The predicted octanol–water partition coefficient (Wildman–Crippen LogP) is 7.53. The summed E-state index contributed by atoms with van der Waals surface area (Å²) in [6.07, 6.45) is -0.692. The van der Waals surface area contributed by atoms with E-state index >= 15 is 0 Å². The number of fused-ring (bicyclic) bond motifs is 2. The van der Waals surface area contributed by atoms with Gasteiger partial charge in [-0.15, -0.1) is 0 Å². The fraction of sp³-hybridized carbons (Fsp3) is 0.778. The van der Waals surface area contributed by atoms with Crippen molar-refractivity contribution >= 4 is 40.0 Å². The molecule has 0 radical (unpaired) electrons. The number of anilines is 2. The van der Waals surface area contributed by atoms with Gasteiger partial charge in [0.25, 0.3) is 0 Å². The number of rotatable bonds is 10. The Kier molecular flexibility index (Phi) is 12.8. The molecule has 0 atom stereocenters. The number of nitrogens with zero attached hydrogens (tertiary/aromatic N) is 6. The summed E-state index contributed by atoms with van der Waals surface area (Å²) in [6, 6.07) is 2.20. The molecule has 52 heavy (non-hydrogen) atoms. The lowest BCUT2D eigenvalue weighted by molar-refractivity contribution is 0.00152. The van der Waals surface area contributed by atoms with Crippen molar-refractivity contribution in [3.63, 3.8) is 0 Å². The molecule has 2 aliphatic rings. The third kappa shape index (κ3) is 11.0. The maximum atomic E-state index is 12.6. The summed E-state index contributed by atoms with van der Waals surface area (Å²) in [5.41, 5.74) is 13.7. The second-order valence-electron chi connectivity index (χ2n) is 19.4. The minimum absolute atomic E-state index is 0.339. The average Bonchev–Trinajstić information content (AvgIpc) is 3.60. The number of aromatic nitrogens is 4. The summed E-state index contributed by atoms with van der Waals surface area (Å²) in [5.74, 6) is 1.01. The Bertz CT molecular complexity index is 1570. The van der Waals surface area contributed by atoms with Crippen LogP contribution in [0.3, 0.4) is 0 Å². The van der Waals surface area contributed by atoms with E-state index in [0.29, 0.717) is 51.4 Å². The van der Waals surface area contributed by atoms with Crippen molar-refractivity contribution in [1.29, 1.82) is 0 Å². The number of hydrogen-bond donors (Lipinski definition) is 2. The number of nitrogens with two attached hydrogens (primary N) is 2. The molecule has 0 aromatic carbocycles. The summed E-state index contributed by atoms with van der Waals surface area (Å²) in [7, 11) is -2.26. The molecule has 0 aliphatic carbocycles. The van der Waals surface area contributed by atoms with Crippen LogP contribution in [0.2, 0.25) is 51.4 Å². The fourth-order valence-electron chi connectivity index (χ4n) is 5.96. The van der Waals surface area contributed by atoms with Gasteiger partial charge in [-0.1, -0.05) is 39.3 Å². The topological polar surface area (TPSA) is 165 Å². The lowest BCUT2D eigenvalue weighted by Crippen LogP contribution is -2.44. The van der Waals surface area contributed by atoms with E-state index in [2.05, 4.69) is 49.5 Å². The molecule has 0 spiro atoms. The molecular weight excluding hydrogens is 697 g/mol. The molecule has 2 aromatic rings. The number of hydrogen-bond acceptors (Lipinski definition) is 10. The van der Waals surface area contributed by atoms with Gasteiger partial charge in [-0.3, -0.25) is 9.80 Å². The van der Waals surface area contributed by atoms with Crippen molar-refractivity contribution in [2.24, 2.45) is 0 Å². The van der Waals surface area contributed by atoms with Crippen LogP contribution in [-0.4, -0.2) is 82.1 Å². The first-order valence-corrected chi connectivity index (χ1v) is 25.7. The van der Waals surface area contributed by atoms with Crippen molar-refractivity contribution < 1.29 is 28.5 Å². The van der Waals surface area contributed by atoms with Gasteiger partial charge in [-0.2, -0.15) is 10.2 Å². The van der Waals surface area contributed by atoms with Gasteiger partial charge in [0.2, 0.25) is 0 Å². The molecule has 2 aromatic heterocycles. The summed E-state index contributed by atoms with van der Waals surface area (Å²) in [5, 5.41) is 9.07. The number of nitrogen functional groups attached to an aromatic ring is 2. The van der Waals surface area contributed by atoms with Crippen LogP contribution in [0.1, 0.15) is 91.8 Å². The van der Waals surface area contributed by atoms with Crippen LogP contribution in [0.4, 0.5) is 21.2 Å². The smallest absolute Gasteiger partial charge is 0.411 e. The monoisotopic (exact) mass is 764 g/mol. The second kappa shape index (κ2) is 15.3. The molecule has 0 fully saturated rings. The van der Waals surface area contributed by atoms with Gasteiger partial charge in [-0.25, -0.2) is 19.0 Å². The molecule has 0 saturated carbocycles. The summed E-state index contributed by atoms with van der Waals surface area (Å²) in [6.45, 7) is 35.9. The van der Waals surface area contributed by atoms with Gasteiger partial charge in [0.15, 0.2) is 5.82 Å². The highest BCUT2D eigenvalue weighted by molar-refractivity contribution is 6.76. The molecule has 2 aliphatic heterocycles. The van der Waals surface area contributed by atoms with Crippen molar-refractivity contribution in [1.82, 2.24) is 29.4 Å². The summed E-state index contributed by atoms with van der Waals surface area (Å²) in [4.78, 5) is 28.6. The van der Waals surface area contributed by atoms with Gasteiger partial charge < -0.3 is 30.4 Å². The Hall–Kier alpha value is -3.09. The Morgan fingerprint density at radius 2 is 1.12 bits per heavy atom. The predicted molar refractivity (Wildman–Crippen MR) is 211 cm³/mol. The highest BCUT2D eigenvalue weighted by Gasteiger charge is 2.47. The zero-order valence-corrected chi connectivity index (χ0v) is 36.9. The van der Waals surface area contributed by atoms with E-state index in [4.69, 9.17) is 30.4 Å². The molecule has 16 heteroatoms. The Morgan fingerprint density at radius 1 is 0.692 bits per heavy atom. The number of amides is 2. The number of carbonyl (C=O) groups is 2. The Morgan fingerprint density at radius 3 is 1.54 bits per heavy atom. The molecule has 14 nitrogen and oxygen atoms in total. The number of carbonyl (C=O) groups excluding carboxylic acids is 2. The summed E-state index contributed by atoms with van der Waals surface area (Å²) < 4.78 is 26.2. The molecule has 4 rings (SSSR count). The van der Waals surface area contributed by atoms with Crippen molar-refractivity contribution in [2.45, 2.75) is 169 Å². The molecule has 296 valence electrons. The maximum absolute atomic E-state index is 12.6. The third-order valence-electron chi connectivity index (χ3n) is 8.96.